The maximum Gasteiger partial charge on any atom is 0.244 e. The average molecular weight is 319 g/mol. The van der Waals surface area contributed by atoms with Gasteiger partial charge >= 0.3 is 0 Å². The number of tetrazole rings is 1. The Morgan fingerprint density at radius 3 is 2.43 bits per heavy atom. The lowest BCUT2D eigenvalue weighted by atomic mass is 10.2. The zero-order valence-corrected chi connectivity index (χ0v) is 12.8. The summed E-state index contributed by atoms with van der Waals surface area (Å²) >= 11 is 0. The molecule has 0 N–H and O–H groups in total. The molecule has 1 fully saturated rings. The zero-order chi connectivity index (χ0) is 16.2. The lowest BCUT2D eigenvalue weighted by molar-refractivity contribution is -0.139. The molecular formula is C13H17N7O3. The highest BCUT2D eigenvalue weighted by Crippen LogP contribution is 2.08. The largest absolute Gasteiger partial charge is 0.361 e. The normalized spacial score (nSPS) is 15.0. The van der Waals surface area contributed by atoms with Crippen molar-refractivity contribution in [2.45, 2.75) is 19.9 Å². The zero-order valence-electron chi connectivity index (χ0n) is 12.8. The fourth-order valence-corrected chi connectivity index (χ4v) is 2.46. The van der Waals surface area contributed by atoms with Crippen LogP contribution >= 0.6 is 0 Å². The maximum absolute atomic E-state index is 12.2. The van der Waals surface area contributed by atoms with Crippen LogP contribution in [0.25, 0.3) is 0 Å². The highest BCUT2D eigenvalue weighted by Gasteiger charge is 2.25. The van der Waals surface area contributed by atoms with Crippen molar-refractivity contribution >= 4 is 11.8 Å². The Hall–Kier alpha value is -2.78. The molecule has 1 saturated heterocycles. The number of aryl methyl sites for hydroxylation is 1. The van der Waals surface area contributed by atoms with Gasteiger partial charge in [-0.1, -0.05) is 5.16 Å². The van der Waals surface area contributed by atoms with E-state index in [2.05, 4.69) is 20.7 Å². The lowest BCUT2D eigenvalue weighted by Gasteiger charge is -2.34. The van der Waals surface area contributed by atoms with Crippen molar-refractivity contribution in [3.63, 3.8) is 0 Å². The van der Waals surface area contributed by atoms with E-state index in [1.807, 2.05) is 6.92 Å². The van der Waals surface area contributed by atoms with Gasteiger partial charge in [0.25, 0.3) is 0 Å². The number of aromatic nitrogens is 5. The van der Waals surface area contributed by atoms with Crippen LogP contribution in [0, 0.1) is 6.92 Å². The summed E-state index contributed by atoms with van der Waals surface area (Å²) in [4.78, 5) is 27.8. The van der Waals surface area contributed by atoms with Gasteiger partial charge in [0.2, 0.25) is 11.8 Å². The summed E-state index contributed by atoms with van der Waals surface area (Å²) in [7, 11) is 0. The fourth-order valence-electron chi connectivity index (χ4n) is 2.46. The maximum atomic E-state index is 12.2. The molecule has 1 aliphatic rings. The summed E-state index contributed by atoms with van der Waals surface area (Å²) in [6.07, 6.45) is 1.59. The molecule has 10 heteroatoms. The van der Waals surface area contributed by atoms with Gasteiger partial charge in [0.05, 0.1) is 12.1 Å². The fraction of sp³-hybridized carbons (Fsp3) is 0.538. The molecule has 3 heterocycles. The van der Waals surface area contributed by atoms with E-state index in [4.69, 9.17) is 4.52 Å². The van der Waals surface area contributed by atoms with E-state index in [9.17, 15) is 9.59 Å². The van der Waals surface area contributed by atoms with Gasteiger partial charge in [-0.2, -0.15) is 0 Å². The number of carbonyl (C=O) groups excluding carboxylic acids is 2. The first kappa shape index (κ1) is 15.1. The van der Waals surface area contributed by atoms with Gasteiger partial charge in [0, 0.05) is 32.2 Å². The Labute approximate surface area is 132 Å². The molecule has 122 valence electrons. The van der Waals surface area contributed by atoms with E-state index in [0.29, 0.717) is 31.9 Å². The molecule has 2 amide bonds. The average Bonchev–Trinajstić information content (AvgIpc) is 3.19. The number of amides is 2. The molecule has 0 saturated carbocycles. The van der Waals surface area contributed by atoms with Crippen LogP contribution < -0.4 is 0 Å². The number of nitrogens with zero attached hydrogens (tertiary/aromatic N) is 7. The van der Waals surface area contributed by atoms with Crippen LogP contribution in [0.15, 0.2) is 16.9 Å². The molecule has 1 aliphatic heterocycles. The van der Waals surface area contributed by atoms with Crippen LogP contribution in [0.1, 0.15) is 11.5 Å². The Kier molecular flexibility index (Phi) is 4.31. The minimum atomic E-state index is -0.0599. The van der Waals surface area contributed by atoms with Gasteiger partial charge in [0.15, 0.2) is 0 Å². The second-order valence-electron chi connectivity index (χ2n) is 5.38. The predicted octanol–water partition coefficient (Wildman–Crippen LogP) is -1.12. The first-order valence-electron chi connectivity index (χ1n) is 7.30. The summed E-state index contributed by atoms with van der Waals surface area (Å²) in [5.74, 6) is 0.480. The van der Waals surface area contributed by atoms with Crippen molar-refractivity contribution in [3.05, 3.63) is 23.8 Å². The minimum Gasteiger partial charge on any atom is -0.361 e. The van der Waals surface area contributed by atoms with E-state index in [1.54, 1.807) is 15.9 Å². The van der Waals surface area contributed by atoms with Gasteiger partial charge in [-0.3, -0.25) is 9.59 Å². The van der Waals surface area contributed by atoms with E-state index in [1.165, 1.54) is 11.0 Å². The Morgan fingerprint density at radius 1 is 1.17 bits per heavy atom. The van der Waals surface area contributed by atoms with Crippen molar-refractivity contribution in [1.29, 1.82) is 0 Å². The third kappa shape index (κ3) is 3.71. The second kappa shape index (κ2) is 6.55. The van der Waals surface area contributed by atoms with E-state index in [0.717, 1.165) is 5.69 Å². The standard InChI is InChI=1S/C13H17N7O3/c1-10-6-11(23-15-10)7-12(21)18-2-4-19(5-3-18)13(22)8-20-9-14-16-17-20/h6,9H,2-5,7-8H2,1H3. The van der Waals surface area contributed by atoms with Crippen molar-refractivity contribution in [3.8, 4) is 0 Å². The molecule has 3 rings (SSSR count). The third-order valence-corrected chi connectivity index (χ3v) is 3.68. The smallest absolute Gasteiger partial charge is 0.244 e. The van der Waals surface area contributed by atoms with Crippen molar-refractivity contribution in [2.24, 2.45) is 0 Å². The molecule has 0 aromatic carbocycles. The molecule has 23 heavy (non-hydrogen) atoms. The van der Waals surface area contributed by atoms with Gasteiger partial charge < -0.3 is 14.3 Å². The van der Waals surface area contributed by atoms with Crippen molar-refractivity contribution in [1.82, 2.24) is 35.2 Å². The van der Waals surface area contributed by atoms with Crippen LogP contribution in [0.3, 0.4) is 0 Å². The predicted molar refractivity (Wildman–Crippen MR) is 75.9 cm³/mol. The number of hydrogen-bond acceptors (Lipinski definition) is 7. The molecule has 0 aliphatic carbocycles. The van der Waals surface area contributed by atoms with Gasteiger partial charge in [-0.15, -0.1) is 5.10 Å². The second-order valence-corrected chi connectivity index (χ2v) is 5.38. The number of piperazine rings is 1. The van der Waals surface area contributed by atoms with Gasteiger partial charge in [-0.05, 0) is 17.4 Å². The molecule has 0 unspecified atom stereocenters. The van der Waals surface area contributed by atoms with E-state index < -0.39 is 0 Å². The first-order chi connectivity index (χ1) is 11.1. The minimum absolute atomic E-state index is 0.0197. The first-order valence-corrected chi connectivity index (χ1v) is 7.30. The summed E-state index contributed by atoms with van der Waals surface area (Å²) in [6, 6.07) is 1.75. The van der Waals surface area contributed by atoms with Crippen LogP contribution in [-0.4, -0.2) is 73.2 Å². The molecular weight excluding hydrogens is 302 g/mol. The van der Waals surface area contributed by atoms with Crippen molar-refractivity contribution < 1.29 is 14.1 Å². The molecule has 2 aromatic heterocycles. The van der Waals surface area contributed by atoms with E-state index in [-0.39, 0.29) is 24.8 Å². The van der Waals surface area contributed by atoms with Gasteiger partial charge in [-0.25, -0.2) is 4.68 Å². The molecule has 10 nitrogen and oxygen atoms in total. The van der Waals surface area contributed by atoms with Gasteiger partial charge in [0.1, 0.15) is 18.6 Å². The molecule has 0 spiro atoms. The highest BCUT2D eigenvalue weighted by atomic mass is 16.5. The Morgan fingerprint density at radius 2 is 1.87 bits per heavy atom. The monoisotopic (exact) mass is 319 g/mol. The quantitative estimate of drug-likeness (QED) is 0.702. The molecule has 2 aromatic rings. The van der Waals surface area contributed by atoms with Crippen LogP contribution in [0.2, 0.25) is 0 Å². The number of hydrogen-bond donors (Lipinski definition) is 0. The number of rotatable bonds is 4. The Bertz CT molecular complexity index is 674. The van der Waals surface area contributed by atoms with Crippen molar-refractivity contribution in [2.75, 3.05) is 26.2 Å². The number of carbonyl (C=O) groups is 2. The molecule has 0 radical (unpaired) electrons. The molecule has 0 bridgehead atoms. The molecule has 0 atom stereocenters. The highest BCUT2D eigenvalue weighted by molar-refractivity contribution is 5.79. The Balaban J connectivity index is 1.47. The van der Waals surface area contributed by atoms with Crippen LogP contribution in [0.4, 0.5) is 0 Å². The SMILES string of the molecule is Cc1cc(CC(=O)N2CCN(C(=O)Cn3cnnn3)CC2)on1. The summed E-state index contributed by atoms with van der Waals surface area (Å²) < 4.78 is 6.44. The van der Waals surface area contributed by atoms with Crippen LogP contribution in [0.5, 0.6) is 0 Å². The third-order valence-electron chi connectivity index (χ3n) is 3.68. The lowest BCUT2D eigenvalue weighted by Crippen LogP contribution is -2.51. The summed E-state index contributed by atoms with van der Waals surface area (Å²) in [5, 5.41) is 14.4. The summed E-state index contributed by atoms with van der Waals surface area (Å²) in [6.45, 7) is 3.94. The van der Waals surface area contributed by atoms with E-state index >= 15 is 0 Å². The van der Waals surface area contributed by atoms with Crippen LogP contribution in [-0.2, 0) is 22.6 Å². The summed E-state index contributed by atoms with van der Waals surface area (Å²) in [5.41, 5.74) is 0.755. The topological polar surface area (TPSA) is 110 Å².